The van der Waals surface area contributed by atoms with Gasteiger partial charge in [-0.05, 0) is 31.7 Å². The van der Waals surface area contributed by atoms with Crippen molar-refractivity contribution in [1.29, 1.82) is 0 Å². The fourth-order valence-corrected chi connectivity index (χ4v) is 3.79. The van der Waals surface area contributed by atoms with Crippen LogP contribution in [-0.4, -0.2) is 30.6 Å². The summed E-state index contributed by atoms with van der Waals surface area (Å²) in [5.41, 5.74) is 1.12. The number of hydrogen-bond donors (Lipinski definition) is 2. The molecule has 0 radical (unpaired) electrons. The molecule has 0 bridgehead atoms. The smallest absolute Gasteiger partial charge is 0.191 e. The molecule has 0 aromatic carbocycles. The predicted molar refractivity (Wildman–Crippen MR) is 117 cm³/mol. The van der Waals surface area contributed by atoms with Gasteiger partial charge in [-0.3, -0.25) is 4.99 Å². The predicted octanol–water partition coefficient (Wildman–Crippen LogP) is 4.42. The van der Waals surface area contributed by atoms with E-state index in [2.05, 4.69) is 52.4 Å². The van der Waals surface area contributed by atoms with Gasteiger partial charge in [0, 0.05) is 41.4 Å². The van der Waals surface area contributed by atoms with Crippen LogP contribution in [0.3, 0.4) is 0 Å². The molecule has 2 rings (SSSR count). The van der Waals surface area contributed by atoms with Gasteiger partial charge in [-0.25, -0.2) is 4.98 Å². The van der Waals surface area contributed by atoms with Crippen molar-refractivity contribution < 1.29 is 0 Å². The summed E-state index contributed by atoms with van der Waals surface area (Å²) in [6.07, 6.45) is 2.09. The van der Waals surface area contributed by atoms with E-state index in [1.807, 2.05) is 6.92 Å². The number of rotatable bonds is 8. The van der Waals surface area contributed by atoms with Crippen molar-refractivity contribution in [3.05, 3.63) is 38.5 Å². The molecule has 0 saturated carbocycles. The number of aromatic nitrogens is 1. The van der Waals surface area contributed by atoms with Crippen LogP contribution in [0.25, 0.3) is 0 Å². The third-order valence-corrected chi connectivity index (χ3v) is 5.55. The molecule has 2 N–H and O–H groups in total. The number of nitrogens with zero attached hydrogens (tertiary/aromatic N) is 2. The van der Waals surface area contributed by atoms with Crippen LogP contribution in [0.4, 0.5) is 0 Å². The van der Waals surface area contributed by atoms with Crippen molar-refractivity contribution >= 4 is 52.6 Å². The highest BCUT2D eigenvalue weighted by molar-refractivity contribution is 14.0. The highest BCUT2D eigenvalue weighted by Gasteiger charge is 2.06. The van der Waals surface area contributed by atoms with Gasteiger partial charge in [0.2, 0.25) is 0 Å². The van der Waals surface area contributed by atoms with Crippen molar-refractivity contribution in [2.45, 2.75) is 39.5 Å². The number of nitrogens with one attached hydrogen (secondary N) is 2. The largest absolute Gasteiger partial charge is 0.357 e. The molecular formula is C17H27IN4S2. The van der Waals surface area contributed by atoms with E-state index in [1.165, 1.54) is 9.88 Å². The first-order valence-corrected chi connectivity index (χ1v) is 9.91. The molecule has 24 heavy (non-hydrogen) atoms. The minimum atomic E-state index is 0. The average molecular weight is 478 g/mol. The molecule has 1 atom stereocenters. The number of aryl methyl sites for hydroxylation is 2. The fraction of sp³-hybridized carbons (Fsp3) is 0.529. The van der Waals surface area contributed by atoms with E-state index >= 15 is 0 Å². The zero-order valence-electron chi connectivity index (χ0n) is 14.5. The van der Waals surface area contributed by atoms with Gasteiger partial charge < -0.3 is 10.6 Å². The molecule has 2 aromatic rings. The zero-order valence-corrected chi connectivity index (χ0v) is 18.5. The summed E-state index contributed by atoms with van der Waals surface area (Å²) >= 11 is 3.55. The normalized spacial score (nSPS) is 12.5. The highest BCUT2D eigenvalue weighted by Crippen LogP contribution is 2.20. The van der Waals surface area contributed by atoms with Crippen LogP contribution in [0.1, 0.15) is 41.8 Å². The van der Waals surface area contributed by atoms with Gasteiger partial charge in [-0.1, -0.05) is 13.0 Å². The Hall–Kier alpha value is -0.670. The SMILES string of the molecule is CCNC(=NCC(C)c1cccs1)NCCCc1nc(C)cs1.I. The van der Waals surface area contributed by atoms with Gasteiger partial charge in [0.05, 0.1) is 11.6 Å². The Labute approximate surface area is 170 Å². The maximum atomic E-state index is 4.71. The quantitative estimate of drug-likeness (QED) is 0.256. The van der Waals surface area contributed by atoms with Crippen LogP contribution >= 0.6 is 46.7 Å². The van der Waals surface area contributed by atoms with Crippen LogP contribution in [0.15, 0.2) is 27.9 Å². The van der Waals surface area contributed by atoms with Gasteiger partial charge in [0.25, 0.3) is 0 Å². The van der Waals surface area contributed by atoms with E-state index in [4.69, 9.17) is 4.99 Å². The van der Waals surface area contributed by atoms with Crippen LogP contribution in [0, 0.1) is 6.92 Å². The lowest BCUT2D eigenvalue weighted by atomic mass is 10.1. The van der Waals surface area contributed by atoms with Crippen molar-refractivity contribution in [3.8, 4) is 0 Å². The summed E-state index contributed by atoms with van der Waals surface area (Å²) in [5.74, 6) is 1.37. The summed E-state index contributed by atoms with van der Waals surface area (Å²) in [6, 6.07) is 4.28. The summed E-state index contributed by atoms with van der Waals surface area (Å²) in [4.78, 5) is 10.6. The summed E-state index contributed by atoms with van der Waals surface area (Å²) in [6.45, 7) is 8.97. The molecule has 0 aliphatic rings. The maximum absolute atomic E-state index is 4.71. The lowest BCUT2D eigenvalue weighted by molar-refractivity contribution is 0.726. The minimum Gasteiger partial charge on any atom is -0.357 e. The summed E-state index contributed by atoms with van der Waals surface area (Å²) in [7, 11) is 0. The lowest BCUT2D eigenvalue weighted by Gasteiger charge is -2.12. The van der Waals surface area contributed by atoms with E-state index in [9.17, 15) is 0 Å². The fourth-order valence-electron chi connectivity index (χ4n) is 2.20. The molecule has 4 nitrogen and oxygen atoms in total. The van der Waals surface area contributed by atoms with Crippen LogP contribution in [0.5, 0.6) is 0 Å². The van der Waals surface area contributed by atoms with E-state index < -0.39 is 0 Å². The number of thiophene rings is 1. The van der Waals surface area contributed by atoms with Crippen LogP contribution < -0.4 is 10.6 Å². The topological polar surface area (TPSA) is 49.3 Å². The maximum Gasteiger partial charge on any atom is 0.191 e. The third kappa shape index (κ3) is 7.48. The van der Waals surface area contributed by atoms with E-state index in [0.29, 0.717) is 5.92 Å². The van der Waals surface area contributed by atoms with Crippen LogP contribution in [-0.2, 0) is 6.42 Å². The third-order valence-electron chi connectivity index (χ3n) is 3.42. The molecule has 0 fully saturated rings. The molecule has 0 amide bonds. The van der Waals surface area contributed by atoms with E-state index in [-0.39, 0.29) is 24.0 Å². The molecule has 0 aliphatic carbocycles. The minimum absolute atomic E-state index is 0. The molecule has 134 valence electrons. The second-order valence-corrected chi connectivity index (χ2v) is 7.47. The van der Waals surface area contributed by atoms with Gasteiger partial charge >= 0.3 is 0 Å². The Bertz CT molecular complexity index is 596. The van der Waals surface area contributed by atoms with Crippen molar-refractivity contribution in [2.75, 3.05) is 19.6 Å². The van der Waals surface area contributed by atoms with Gasteiger partial charge in [-0.2, -0.15) is 0 Å². The van der Waals surface area contributed by atoms with Gasteiger partial charge in [0.15, 0.2) is 5.96 Å². The number of aliphatic imine (C=N–C) groups is 1. The lowest BCUT2D eigenvalue weighted by Crippen LogP contribution is -2.38. The summed E-state index contributed by atoms with van der Waals surface area (Å²) < 4.78 is 0. The Morgan fingerprint density at radius 2 is 2.17 bits per heavy atom. The van der Waals surface area contributed by atoms with Crippen molar-refractivity contribution in [1.82, 2.24) is 15.6 Å². The first kappa shape index (κ1) is 21.4. The number of guanidine groups is 1. The molecule has 1 unspecified atom stereocenters. The van der Waals surface area contributed by atoms with Crippen molar-refractivity contribution in [2.24, 2.45) is 4.99 Å². The molecule has 2 aromatic heterocycles. The zero-order chi connectivity index (χ0) is 16.5. The molecule has 0 aliphatic heterocycles. The van der Waals surface area contributed by atoms with E-state index in [0.717, 1.165) is 44.1 Å². The molecule has 0 saturated heterocycles. The Balaban J connectivity index is 0.00000288. The molecule has 7 heteroatoms. The van der Waals surface area contributed by atoms with Crippen LogP contribution in [0.2, 0.25) is 0 Å². The van der Waals surface area contributed by atoms with Crippen molar-refractivity contribution in [3.63, 3.8) is 0 Å². The first-order valence-electron chi connectivity index (χ1n) is 8.15. The molecule has 0 spiro atoms. The van der Waals surface area contributed by atoms with E-state index in [1.54, 1.807) is 22.7 Å². The standard InChI is InChI=1S/C17H26N4S2.HI/c1-4-18-17(20-11-13(2)15-7-6-10-22-15)19-9-5-8-16-21-14(3)12-23-16;/h6-7,10,12-13H,4-5,8-9,11H2,1-3H3,(H2,18,19,20);1H. The molecular weight excluding hydrogens is 451 g/mol. The number of halogens is 1. The Morgan fingerprint density at radius 1 is 1.33 bits per heavy atom. The second-order valence-electron chi connectivity index (χ2n) is 5.55. The average Bonchev–Trinajstić information content (AvgIpc) is 3.20. The Morgan fingerprint density at radius 3 is 2.79 bits per heavy atom. The first-order chi connectivity index (χ1) is 11.2. The monoisotopic (exact) mass is 478 g/mol. The Kier molecular flexibility index (Phi) is 10.5. The molecule has 2 heterocycles. The van der Waals surface area contributed by atoms with Gasteiger partial charge in [0.1, 0.15) is 0 Å². The number of thiazole rings is 1. The highest BCUT2D eigenvalue weighted by atomic mass is 127. The second kappa shape index (κ2) is 11.8. The number of hydrogen-bond acceptors (Lipinski definition) is 4. The van der Waals surface area contributed by atoms with Gasteiger partial charge in [-0.15, -0.1) is 46.7 Å². The summed E-state index contributed by atoms with van der Waals surface area (Å²) in [5, 5.41) is 12.2.